The summed E-state index contributed by atoms with van der Waals surface area (Å²) in [5.74, 6) is 0.597. The van der Waals surface area contributed by atoms with E-state index in [4.69, 9.17) is 4.42 Å². The number of hydrogen-bond donors (Lipinski definition) is 0. The number of halogens is 3. The topological polar surface area (TPSA) is 51.8 Å². The van der Waals surface area contributed by atoms with Crippen LogP contribution in [-0.4, -0.2) is 15.2 Å². The van der Waals surface area contributed by atoms with Crippen LogP contribution in [-0.2, 0) is 6.18 Å². The molecule has 0 radical (unpaired) electrons. The first kappa shape index (κ1) is 12.5. The third-order valence-corrected chi connectivity index (χ3v) is 2.24. The molecule has 4 nitrogen and oxygen atoms in total. The SMILES string of the molecule is CC(C)c1nnc(-c2ccc(C(F)(F)F)cn2)o1. The summed E-state index contributed by atoms with van der Waals surface area (Å²) >= 11 is 0. The molecule has 0 saturated carbocycles. The second kappa shape index (κ2) is 4.40. The molecule has 2 heterocycles. The van der Waals surface area contributed by atoms with Gasteiger partial charge in [-0.25, -0.2) is 0 Å². The number of nitrogens with zero attached hydrogens (tertiary/aromatic N) is 3. The van der Waals surface area contributed by atoms with Gasteiger partial charge in [0.05, 0.1) is 5.56 Å². The largest absolute Gasteiger partial charge is 0.419 e. The fourth-order valence-corrected chi connectivity index (χ4v) is 1.26. The number of aromatic nitrogens is 3. The maximum atomic E-state index is 12.3. The lowest BCUT2D eigenvalue weighted by Gasteiger charge is -2.05. The van der Waals surface area contributed by atoms with Gasteiger partial charge in [0.15, 0.2) is 0 Å². The molecule has 0 saturated heterocycles. The summed E-state index contributed by atoms with van der Waals surface area (Å²) in [4.78, 5) is 3.67. The molecule has 0 amide bonds. The van der Waals surface area contributed by atoms with Crippen molar-refractivity contribution in [3.05, 3.63) is 29.8 Å². The molecule has 0 unspecified atom stereocenters. The van der Waals surface area contributed by atoms with Crippen molar-refractivity contribution in [3.63, 3.8) is 0 Å². The predicted octanol–water partition coefficient (Wildman–Crippen LogP) is 3.27. The Morgan fingerprint density at radius 3 is 2.33 bits per heavy atom. The van der Waals surface area contributed by atoms with E-state index in [2.05, 4.69) is 15.2 Å². The van der Waals surface area contributed by atoms with Crippen LogP contribution in [0.1, 0.15) is 31.2 Å². The summed E-state index contributed by atoms with van der Waals surface area (Å²) in [7, 11) is 0. The van der Waals surface area contributed by atoms with Crippen LogP contribution in [0.15, 0.2) is 22.7 Å². The van der Waals surface area contributed by atoms with Crippen LogP contribution in [0.5, 0.6) is 0 Å². The minimum atomic E-state index is -4.40. The monoisotopic (exact) mass is 257 g/mol. The number of rotatable bonds is 2. The fourth-order valence-electron chi connectivity index (χ4n) is 1.26. The van der Waals surface area contributed by atoms with Crippen LogP contribution in [0.4, 0.5) is 13.2 Å². The fraction of sp³-hybridized carbons (Fsp3) is 0.364. The minimum absolute atomic E-state index is 0.0562. The first-order valence-electron chi connectivity index (χ1n) is 5.25. The summed E-state index contributed by atoms with van der Waals surface area (Å²) < 4.78 is 42.3. The Bertz CT molecular complexity index is 531. The van der Waals surface area contributed by atoms with Gasteiger partial charge in [0.25, 0.3) is 5.89 Å². The lowest BCUT2D eigenvalue weighted by Crippen LogP contribution is -2.05. The Kier molecular flexibility index (Phi) is 3.06. The summed E-state index contributed by atoms with van der Waals surface area (Å²) in [6, 6.07) is 2.14. The van der Waals surface area contributed by atoms with E-state index < -0.39 is 11.7 Å². The maximum Gasteiger partial charge on any atom is 0.417 e. The van der Waals surface area contributed by atoms with E-state index in [0.29, 0.717) is 5.89 Å². The van der Waals surface area contributed by atoms with Gasteiger partial charge in [0, 0.05) is 12.1 Å². The quantitative estimate of drug-likeness (QED) is 0.828. The highest BCUT2D eigenvalue weighted by Gasteiger charge is 2.30. The van der Waals surface area contributed by atoms with E-state index in [-0.39, 0.29) is 17.5 Å². The molecular weight excluding hydrogens is 247 g/mol. The van der Waals surface area contributed by atoms with E-state index in [1.165, 1.54) is 6.07 Å². The molecule has 0 aliphatic rings. The Labute approximate surface area is 101 Å². The molecule has 96 valence electrons. The molecule has 18 heavy (non-hydrogen) atoms. The third kappa shape index (κ3) is 2.49. The predicted molar refractivity (Wildman–Crippen MR) is 56.6 cm³/mol. The third-order valence-electron chi connectivity index (χ3n) is 2.24. The van der Waals surface area contributed by atoms with Gasteiger partial charge < -0.3 is 4.42 Å². The van der Waals surface area contributed by atoms with E-state index in [1.807, 2.05) is 13.8 Å². The van der Waals surface area contributed by atoms with Crippen molar-refractivity contribution in [2.24, 2.45) is 0 Å². The zero-order valence-electron chi connectivity index (χ0n) is 9.69. The van der Waals surface area contributed by atoms with Crippen molar-refractivity contribution in [1.82, 2.24) is 15.2 Å². The number of alkyl halides is 3. The number of hydrogen-bond acceptors (Lipinski definition) is 4. The van der Waals surface area contributed by atoms with Crippen molar-refractivity contribution in [1.29, 1.82) is 0 Å². The molecule has 0 aromatic carbocycles. The molecule has 2 aromatic heterocycles. The standard InChI is InChI=1S/C11H10F3N3O/c1-6(2)9-16-17-10(18-9)8-4-3-7(5-15-8)11(12,13)14/h3-6H,1-2H3. The van der Waals surface area contributed by atoms with Gasteiger partial charge in [-0.3, -0.25) is 4.98 Å². The molecule has 0 bridgehead atoms. The van der Waals surface area contributed by atoms with E-state index in [0.717, 1.165) is 12.3 Å². The second-order valence-corrected chi connectivity index (χ2v) is 4.03. The Morgan fingerprint density at radius 2 is 1.89 bits per heavy atom. The van der Waals surface area contributed by atoms with Crippen molar-refractivity contribution >= 4 is 0 Å². The Balaban J connectivity index is 2.29. The van der Waals surface area contributed by atoms with E-state index in [1.54, 1.807) is 0 Å². The molecule has 0 atom stereocenters. The first-order valence-corrected chi connectivity index (χ1v) is 5.25. The van der Waals surface area contributed by atoms with Crippen molar-refractivity contribution < 1.29 is 17.6 Å². The molecule has 0 aliphatic carbocycles. The molecule has 0 spiro atoms. The number of pyridine rings is 1. The van der Waals surface area contributed by atoms with Crippen LogP contribution in [0.25, 0.3) is 11.6 Å². The molecule has 0 aliphatic heterocycles. The summed E-state index contributed by atoms with van der Waals surface area (Å²) in [6.45, 7) is 3.74. The van der Waals surface area contributed by atoms with Crippen LogP contribution in [0, 0.1) is 0 Å². The van der Waals surface area contributed by atoms with Crippen molar-refractivity contribution in [3.8, 4) is 11.6 Å². The minimum Gasteiger partial charge on any atom is -0.419 e. The van der Waals surface area contributed by atoms with Gasteiger partial charge in [0.2, 0.25) is 5.89 Å². The Hall–Kier alpha value is -1.92. The zero-order chi connectivity index (χ0) is 13.3. The summed E-state index contributed by atoms with van der Waals surface area (Å²) in [5, 5.41) is 7.52. The average molecular weight is 257 g/mol. The lowest BCUT2D eigenvalue weighted by molar-refractivity contribution is -0.137. The highest BCUT2D eigenvalue weighted by molar-refractivity contribution is 5.46. The maximum absolute atomic E-state index is 12.3. The van der Waals surface area contributed by atoms with E-state index in [9.17, 15) is 13.2 Å². The average Bonchev–Trinajstić information content (AvgIpc) is 2.77. The molecule has 0 N–H and O–H groups in total. The summed E-state index contributed by atoms with van der Waals surface area (Å²) in [6.07, 6.45) is -3.65. The van der Waals surface area contributed by atoms with Gasteiger partial charge in [-0.05, 0) is 12.1 Å². The highest BCUT2D eigenvalue weighted by Crippen LogP contribution is 2.29. The molecule has 2 aromatic rings. The van der Waals surface area contributed by atoms with Crippen LogP contribution in [0.3, 0.4) is 0 Å². The smallest absolute Gasteiger partial charge is 0.417 e. The highest BCUT2D eigenvalue weighted by atomic mass is 19.4. The van der Waals surface area contributed by atoms with Gasteiger partial charge in [-0.2, -0.15) is 13.2 Å². The first-order chi connectivity index (χ1) is 8.38. The van der Waals surface area contributed by atoms with Gasteiger partial charge >= 0.3 is 6.18 Å². The zero-order valence-corrected chi connectivity index (χ0v) is 9.69. The summed E-state index contributed by atoms with van der Waals surface area (Å²) in [5.41, 5.74) is -0.586. The molecule has 2 rings (SSSR count). The van der Waals surface area contributed by atoms with Crippen molar-refractivity contribution in [2.45, 2.75) is 25.9 Å². The van der Waals surface area contributed by atoms with Crippen molar-refractivity contribution in [2.75, 3.05) is 0 Å². The van der Waals surface area contributed by atoms with Gasteiger partial charge in [-0.1, -0.05) is 13.8 Å². The molecule has 7 heteroatoms. The van der Waals surface area contributed by atoms with Crippen LogP contribution in [0.2, 0.25) is 0 Å². The lowest BCUT2D eigenvalue weighted by atomic mass is 10.2. The normalized spacial score (nSPS) is 12.1. The Morgan fingerprint density at radius 1 is 1.17 bits per heavy atom. The molecule has 0 fully saturated rings. The van der Waals surface area contributed by atoms with E-state index >= 15 is 0 Å². The van der Waals surface area contributed by atoms with Crippen LogP contribution < -0.4 is 0 Å². The van der Waals surface area contributed by atoms with Gasteiger partial charge in [-0.15, -0.1) is 10.2 Å². The molecular formula is C11H10F3N3O. The van der Waals surface area contributed by atoms with Gasteiger partial charge in [0.1, 0.15) is 5.69 Å². The van der Waals surface area contributed by atoms with Crippen LogP contribution >= 0.6 is 0 Å². The second-order valence-electron chi connectivity index (χ2n) is 4.03.